The Labute approximate surface area is 114 Å². The molecule has 0 spiro atoms. The van der Waals surface area contributed by atoms with Gasteiger partial charge in [-0.05, 0) is 31.7 Å². The van der Waals surface area contributed by atoms with Crippen molar-refractivity contribution in [2.24, 2.45) is 0 Å². The van der Waals surface area contributed by atoms with Gasteiger partial charge in [0.25, 0.3) is 0 Å². The molecule has 1 N–H and O–H groups in total. The Bertz CT molecular complexity index is 481. The quantitative estimate of drug-likeness (QED) is 0.811. The molecule has 1 atom stereocenters. The van der Waals surface area contributed by atoms with E-state index in [-0.39, 0.29) is 0 Å². The highest BCUT2D eigenvalue weighted by atomic mass is 32.2. The molecule has 0 radical (unpaired) electrons. The first-order valence-corrected chi connectivity index (χ1v) is 7.20. The van der Waals surface area contributed by atoms with Crippen LogP contribution in [-0.2, 0) is 0 Å². The second kappa shape index (κ2) is 6.62. The van der Waals surface area contributed by atoms with Gasteiger partial charge in [0.2, 0.25) is 0 Å². The van der Waals surface area contributed by atoms with E-state index in [1.807, 2.05) is 18.8 Å². The lowest BCUT2D eigenvalue weighted by atomic mass is 10.1. The van der Waals surface area contributed by atoms with Crippen LogP contribution in [-0.4, -0.2) is 12.8 Å². The highest BCUT2D eigenvalue weighted by Gasteiger charge is 2.09. The first kappa shape index (κ1) is 13.2. The van der Waals surface area contributed by atoms with Crippen molar-refractivity contribution < 1.29 is 0 Å². The smallest absolute Gasteiger partial charge is 0.0413 e. The normalized spacial score (nSPS) is 12.3. The summed E-state index contributed by atoms with van der Waals surface area (Å²) >= 11 is 1.89. The van der Waals surface area contributed by atoms with Crippen molar-refractivity contribution in [2.45, 2.75) is 17.9 Å². The van der Waals surface area contributed by atoms with Crippen LogP contribution >= 0.6 is 11.8 Å². The van der Waals surface area contributed by atoms with Crippen LogP contribution in [0.5, 0.6) is 0 Å². The number of rotatable bonds is 5. The molecule has 0 aliphatic heterocycles. The molecular weight excluding hydrogens is 238 g/mol. The van der Waals surface area contributed by atoms with E-state index in [1.54, 1.807) is 0 Å². The van der Waals surface area contributed by atoms with Crippen molar-refractivity contribution >= 4 is 11.8 Å². The van der Waals surface area contributed by atoms with Gasteiger partial charge in [0.05, 0.1) is 0 Å². The molecule has 18 heavy (non-hydrogen) atoms. The molecule has 0 bridgehead atoms. The van der Waals surface area contributed by atoms with E-state index in [1.165, 1.54) is 16.0 Å². The molecule has 0 fully saturated rings. The highest BCUT2D eigenvalue weighted by Crippen LogP contribution is 2.24. The Morgan fingerprint density at radius 2 is 1.83 bits per heavy atom. The minimum Gasteiger partial charge on any atom is -0.312 e. The van der Waals surface area contributed by atoms with Crippen molar-refractivity contribution in [3.63, 3.8) is 0 Å². The van der Waals surface area contributed by atoms with E-state index >= 15 is 0 Å². The molecule has 0 saturated heterocycles. The third-order valence-corrected chi connectivity index (χ3v) is 4.06. The molecule has 1 unspecified atom stereocenters. The van der Waals surface area contributed by atoms with Crippen LogP contribution in [0.1, 0.15) is 17.2 Å². The molecule has 2 aromatic rings. The second-order valence-corrected chi connectivity index (χ2v) is 5.47. The number of hydrogen-bond donors (Lipinski definition) is 1. The number of benzene rings is 2. The second-order valence-electron chi connectivity index (χ2n) is 4.38. The molecule has 0 aliphatic carbocycles. The molecule has 0 heterocycles. The molecule has 0 aromatic heterocycles. The van der Waals surface area contributed by atoms with Crippen molar-refractivity contribution in [1.82, 2.24) is 5.32 Å². The van der Waals surface area contributed by atoms with E-state index in [2.05, 4.69) is 66.8 Å². The van der Waals surface area contributed by atoms with Gasteiger partial charge in [-0.3, -0.25) is 0 Å². The zero-order valence-electron chi connectivity index (χ0n) is 10.9. The lowest BCUT2D eigenvalue weighted by Crippen LogP contribution is -2.18. The maximum absolute atomic E-state index is 3.39. The SMILES string of the molecule is CNC(CSc1ccccc1)c1cccc(C)c1. The van der Waals surface area contributed by atoms with E-state index in [0.717, 1.165) is 5.75 Å². The summed E-state index contributed by atoms with van der Waals surface area (Å²) in [6, 6.07) is 19.7. The summed E-state index contributed by atoms with van der Waals surface area (Å²) in [6.07, 6.45) is 0. The van der Waals surface area contributed by atoms with Gasteiger partial charge in [0.15, 0.2) is 0 Å². The summed E-state index contributed by atoms with van der Waals surface area (Å²) in [7, 11) is 2.03. The van der Waals surface area contributed by atoms with Gasteiger partial charge >= 0.3 is 0 Å². The van der Waals surface area contributed by atoms with Gasteiger partial charge in [-0.2, -0.15) is 0 Å². The Hall–Kier alpha value is -1.25. The summed E-state index contributed by atoms with van der Waals surface area (Å²) in [4.78, 5) is 1.32. The number of hydrogen-bond acceptors (Lipinski definition) is 2. The lowest BCUT2D eigenvalue weighted by molar-refractivity contribution is 0.661. The Morgan fingerprint density at radius 1 is 1.06 bits per heavy atom. The third kappa shape index (κ3) is 3.62. The summed E-state index contributed by atoms with van der Waals surface area (Å²) in [5.74, 6) is 1.05. The van der Waals surface area contributed by atoms with Crippen LogP contribution in [0.25, 0.3) is 0 Å². The average Bonchev–Trinajstić information content (AvgIpc) is 2.41. The fourth-order valence-electron chi connectivity index (χ4n) is 1.93. The van der Waals surface area contributed by atoms with Gasteiger partial charge in [0.1, 0.15) is 0 Å². The summed E-state index contributed by atoms with van der Waals surface area (Å²) in [6.45, 7) is 2.14. The fraction of sp³-hybridized carbons (Fsp3) is 0.250. The first-order valence-electron chi connectivity index (χ1n) is 6.21. The molecule has 2 heteroatoms. The lowest BCUT2D eigenvalue weighted by Gasteiger charge is -2.16. The third-order valence-electron chi connectivity index (χ3n) is 2.95. The van der Waals surface area contributed by atoms with Gasteiger partial charge in [-0.15, -0.1) is 11.8 Å². The number of thioether (sulfide) groups is 1. The van der Waals surface area contributed by atoms with Crippen LogP contribution in [0, 0.1) is 6.92 Å². The van der Waals surface area contributed by atoms with Crippen LogP contribution in [0.15, 0.2) is 59.5 Å². The van der Waals surface area contributed by atoms with Gasteiger partial charge in [-0.25, -0.2) is 0 Å². The van der Waals surface area contributed by atoms with Crippen molar-refractivity contribution in [3.05, 3.63) is 65.7 Å². The van der Waals surface area contributed by atoms with E-state index in [9.17, 15) is 0 Å². The Morgan fingerprint density at radius 3 is 2.50 bits per heavy atom. The molecule has 0 amide bonds. The zero-order chi connectivity index (χ0) is 12.8. The fourth-order valence-corrected chi connectivity index (χ4v) is 3.00. The van der Waals surface area contributed by atoms with E-state index in [0.29, 0.717) is 6.04 Å². The van der Waals surface area contributed by atoms with Crippen LogP contribution < -0.4 is 5.32 Å². The maximum Gasteiger partial charge on any atom is 0.0413 e. The molecule has 0 aliphatic rings. The number of nitrogens with one attached hydrogen (secondary N) is 1. The Balaban J connectivity index is 2.02. The zero-order valence-corrected chi connectivity index (χ0v) is 11.7. The molecular formula is C16H19NS. The molecule has 94 valence electrons. The minimum atomic E-state index is 0.398. The largest absolute Gasteiger partial charge is 0.312 e. The number of aryl methyl sites for hydroxylation is 1. The van der Waals surface area contributed by atoms with Crippen molar-refractivity contribution in [2.75, 3.05) is 12.8 Å². The monoisotopic (exact) mass is 257 g/mol. The van der Waals surface area contributed by atoms with E-state index in [4.69, 9.17) is 0 Å². The standard InChI is InChI=1S/C16H19NS/c1-13-7-6-8-14(11-13)16(17-2)12-18-15-9-4-3-5-10-15/h3-11,16-17H,12H2,1-2H3. The average molecular weight is 257 g/mol. The topological polar surface area (TPSA) is 12.0 Å². The van der Waals surface area contributed by atoms with Gasteiger partial charge in [-0.1, -0.05) is 48.0 Å². The first-order chi connectivity index (χ1) is 8.79. The maximum atomic E-state index is 3.39. The van der Waals surface area contributed by atoms with Crippen LogP contribution in [0.2, 0.25) is 0 Å². The summed E-state index contributed by atoms with van der Waals surface area (Å²) in [5, 5.41) is 3.39. The minimum absolute atomic E-state index is 0.398. The van der Waals surface area contributed by atoms with Gasteiger partial charge < -0.3 is 5.32 Å². The van der Waals surface area contributed by atoms with E-state index < -0.39 is 0 Å². The molecule has 2 rings (SSSR count). The molecule has 1 nitrogen and oxygen atoms in total. The molecule has 2 aromatic carbocycles. The summed E-state index contributed by atoms with van der Waals surface area (Å²) in [5.41, 5.74) is 2.68. The van der Waals surface area contributed by atoms with Crippen LogP contribution in [0.3, 0.4) is 0 Å². The predicted molar refractivity (Wildman–Crippen MR) is 80.1 cm³/mol. The summed E-state index contributed by atoms with van der Waals surface area (Å²) < 4.78 is 0. The predicted octanol–water partition coefficient (Wildman–Crippen LogP) is 4.05. The van der Waals surface area contributed by atoms with Crippen LogP contribution in [0.4, 0.5) is 0 Å². The molecule has 0 saturated carbocycles. The highest BCUT2D eigenvalue weighted by molar-refractivity contribution is 7.99. The van der Waals surface area contributed by atoms with Crippen molar-refractivity contribution in [1.29, 1.82) is 0 Å². The van der Waals surface area contributed by atoms with Gasteiger partial charge in [0, 0.05) is 16.7 Å². The Kier molecular flexibility index (Phi) is 4.85. The van der Waals surface area contributed by atoms with Crippen molar-refractivity contribution in [3.8, 4) is 0 Å².